The number of rotatable bonds is 4. The van der Waals surface area contributed by atoms with Crippen LogP contribution >= 0.6 is 0 Å². The van der Waals surface area contributed by atoms with Gasteiger partial charge in [0.2, 0.25) is 0 Å². The first-order valence-electron chi connectivity index (χ1n) is 7.92. The first-order chi connectivity index (χ1) is 9.34. The Morgan fingerprint density at radius 1 is 1.05 bits per heavy atom. The van der Waals surface area contributed by atoms with Crippen molar-refractivity contribution in [2.45, 2.75) is 57.0 Å². The van der Waals surface area contributed by atoms with E-state index in [4.69, 9.17) is 5.73 Å². The van der Waals surface area contributed by atoms with Crippen molar-refractivity contribution in [2.75, 3.05) is 6.54 Å². The van der Waals surface area contributed by atoms with Crippen LogP contribution in [-0.4, -0.2) is 6.54 Å². The van der Waals surface area contributed by atoms with Crippen LogP contribution in [0.4, 0.5) is 0 Å². The third kappa shape index (κ3) is 3.01. The van der Waals surface area contributed by atoms with Crippen LogP contribution in [-0.2, 0) is 0 Å². The molecule has 2 heteroatoms. The second-order valence-corrected chi connectivity index (χ2v) is 6.27. The Morgan fingerprint density at radius 2 is 1.79 bits per heavy atom. The minimum absolute atomic E-state index is 0.225. The van der Waals surface area contributed by atoms with Gasteiger partial charge in [0, 0.05) is 12.1 Å². The van der Waals surface area contributed by atoms with Gasteiger partial charge in [0.15, 0.2) is 0 Å². The summed E-state index contributed by atoms with van der Waals surface area (Å²) < 4.78 is 0. The summed E-state index contributed by atoms with van der Waals surface area (Å²) in [6.45, 7) is 1.15. The van der Waals surface area contributed by atoms with E-state index in [2.05, 4.69) is 29.6 Å². The van der Waals surface area contributed by atoms with Gasteiger partial charge in [0.05, 0.1) is 0 Å². The van der Waals surface area contributed by atoms with Gasteiger partial charge in [-0.15, -0.1) is 0 Å². The summed E-state index contributed by atoms with van der Waals surface area (Å²) in [6.07, 6.45) is 9.64. The van der Waals surface area contributed by atoms with Crippen molar-refractivity contribution in [2.24, 2.45) is 11.7 Å². The van der Waals surface area contributed by atoms with Crippen molar-refractivity contribution >= 4 is 0 Å². The lowest BCUT2D eigenvalue weighted by molar-refractivity contribution is 0.326. The van der Waals surface area contributed by atoms with Crippen LogP contribution in [0, 0.1) is 5.92 Å². The number of benzene rings is 1. The Hall–Kier alpha value is -0.860. The third-order valence-electron chi connectivity index (χ3n) is 4.93. The van der Waals surface area contributed by atoms with E-state index >= 15 is 0 Å². The smallest absolute Gasteiger partial charge is 0.0341 e. The first kappa shape index (κ1) is 13.1. The number of hydrogen-bond donors (Lipinski definition) is 2. The normalized spacial score (nSPS) is 27.4. The van der Waals surface area contributed by atoms with Crippen LogP contribution in [0.1, 0.15) is 68.2 Å². The molecule has 2 nitrogen and oxygen atoms in total. The summed E-state index contributed by atoms with van der Waals surface area (Å²) in [5.74, 6) is 0.964. The molecule has 1 aromatic carbocycles. The molecule has 0 spiro atoms. The van der Waals surface area contributed by atoms with Gasteiger partial charge in [-0.2, -0.15) is 0 Å². The summed E-state index contributed by atoms with van der Waals surface area (Å²) >= 11 is 0. The van der Waals surface area contributed by atoms with Crippen LogP contribution in [0.5, 0.6) is 0 Å². The maximum absolute atomic E-state index is 6.21. The molecule has 1 aromatic rings. The minimum atomic E-state index is 0.225. The summed E-state index contributed by atoms with van der Waals surface area (Å²) in [7, 11) is 0. The fourth-order valence-corrected chi connectivity index (χ4v) is 3.80. The molecule has 0 radical (unpaired) electrons. The second kappa shape index (κ2) is 6.06. The van der Waals surface area contributed by atoms with Gasteiger partial charge in [0.1, 0.15) is 0 Å². The standard InChI is InChI=1S/C17H26N2/c18-16-12-17(15-9-5-4-8-14(15)16)19-11-10-13-6-2-1-3-7-13/h4-5,8-9,13,16-17,19H,1-3,6-7,10-12,18H2. The zero-order valence-corrected chi connectivity index (χ0v) is 11.8. The van der Waals surface area contributed by atoms with Gasteiger partial charge in [0.25, 0.3) is 0 Å². The quantitative estimate of drug-likeness (QED) is 0.864. The first-order valence-corrected chi connectivity index (χ1v) is 7.92. The molecular weight excluding hydrogens is 232 g/mol. The Balaban J connectivity index is 1.51. The Labute approximate surface area is 116 Å². The molecule has 2 unspecified atom stereocenters. The molecule has 2 aliphatic carbocycles. The Bertz CT molecular complexity index is 409. The molecule has 2 aliphatic rings. The molecule has 3 N–H and O–H groups in total. The highest BCUT2D eigenvalue weighted by atomic mass is 14.9. The van der Waals surface area contributed by atoms with Crippen molar-refractivity contribution in [3.63, 3.8) is 0 Å². The number of hydrogen-bond acceptors (Lipinski definition) is 2. The van der Waals surface area contributed by atoms with Gasteiger partial charge in [-0.05, 0) is 36.4 Å². The predicted molar refractivity (Wildman–Crippen MR) is 79.9 cm³/mol. The second-order valence-electron chi connectivity index (χ2n) is 6.27. The van der Waals surface area contributed by atoms with Gasteiger partial charge < -0.3 is 11.1 Å². The summed E-state index contributed by atoms with van der Waals surface area (Å²) in [5, 5.41) is 3.74. The molecule has 0 saturated heterocycles. The zero-order valence-electron chi connectivity index (χ0n) is 11.8. The van der Waals surface area contributed by atoms with E-state index in [-0.39, 0.29) is 6.04 Å². The highest BCUT2D eigenvalue weighted by Crippen LogP contribution is 2.37. The largest absolute Gasteiger partial charge is 0.324 e. The van der Waals surface area contributed by atoms with Crippen molar-refractivity contribution in [3.05, 3.63) is 35.4 Å². The Kier molecular flexibility index (Phi) is 4.19. The monoisotopic (exact) mass is 258 g/mol. The van der Waals surface area contributed by atoms with E-state index < -0.39 is 0 Å². The van der Waals surface area contributed by atoms with Crippen LogP contribution in [0.25, 0.3) is 0 Å². The van der Waals surface area contributed by atoms with E-state index in [0.29, 0.717) is 6.04 Å². The maximum atomic E-state index is 6.21. The molecule has 0 aliphatic heterocycles. The lowest BCUT2D eigenvalue weighted by Crippen LogP contribution is -2.23. The molecule has 3 rings (SSSR count). The van der Waals surface area contributed by atoms with Gasteiger partial charge in [-0.25, -0.2) is 0 Å². The van der Waals surface area contributed by atoms with Crippen LogP contribution in [0.15, 0.2) is 24.3 Å². The van der Waals surface area contributed by atoms with Crippen LogP contribution < -0.4 is 11.1 Å². The molecule has 2 atom stereocenters. The average molecular weight is 258 g/mol. The highest BCUT2D eigenvalue weighted by molar-refractivity contribution is 5.37. The van der Waals surface area contributed by atoms with E-state index in [0.717, 1.165) is 18.9 Å². The van der Waals surface area contributed by atoms with Crippen LogP contribution in [0.2, 0.25) is 0 Å². The summed E-state index contributed by atoms with van der Waals surface area (Å²) in [6, 6.07) is 9.36. The van der Waals surface area contributed by atoms with E-state index in [1.807, 2.05) is 0 Å². The SMILES string of the molecule is NC1CC(NCCC2CCCCC2)c2ccccc21. The van der Waals surface area contributed by atoms with Crippen molar-refractivity contribution in [1.82, 2.24) is 5.32 Å². The summed E-state index contributed by atoms with van der Waals surface area (Å²) in [4.78, 5) is 0. The lowest BCUT2D eigenvalue weighted by atomic mass is 9.87. The van der Waals surface area contributed by atoms with Gasteiger partial charge in [-0.1, -0.05) is 56.4 Å². The van der Waals surface area contributed by atoms with E-state index in [1.54, 1.807) is 0 Å². The molecule has 0 heterocycles. The number of nitrogens with one attached hydrogen (secondary N) is 1. The van der Waals surface area contributed by atoms with Crippen molar-refractivity contribution in [1.29, 1.82) is 0 Å². The fourth-order valence-electron chi connectivity index (χ4n) is 3.80. The fraction of sp³-hybridized carbons (Fsp3) is 0.647. The predicted octanol–water partition coefficient (Wildman–Crippen LogP) is 3.69. The van der Waals surface area contributed by atoms with E-state index in [1.165, 1.54) is 49.7 Å². The molecule has 1 fully saturated rings. The zero-order chi connectivity index (χ0) is 13.1. The van der Waals surface area contributed by atoms with Gasteiger partial charge >= 0.3 is 0 Å². The van der Waals surface area contributed by atoms with Crippen molar-refractivity contribution in [3.8, 4) is 0 Å². The minimum Gasteiger partial charge on any atom is -0.324 e. The molecule has 104 valence electrons. The maximum Gasteiger partial charge on any atom is 0.0341 e. The average Bonchev–Trinajstić information content (AvgIpc) is 2.78. The topological polar surface area (TPSA) is 38.0 Å². The lowest BCUT2D eigenvalue weighted by Gasteiger charge is -2.22. The number of nitrogens with two attached hydrogens (primary N) is 1. The molecule has 19 heavy (non-hydrogen) atoms. The Morgan fingerprint density at radius 3 is 2.58 bits per heavy atom. The third-order valence-corrected chi connectivity index (χ3v) is 4.93. The molecule has 0 aromatic heterocycles. The molecule has 0 amide bonds. The summed E-state index contributed by atoms with van der Waals surface area (Å²) in [5.41, 5.74) is 8.99. The molecule has 0 bridgehead atoms. The van der Waals surface area contributed by atoms with Crippen molar-refractivity contribution < 1.29 is 0 Å². The van der Waals surface area contributed by atoms with Crippen LogP contribution in [0.3, 0.4) is 0 Å². The highest BCUT2D eigenvalue weighted by Gasteiger charge is 2.27. The molecule has 1 saturated carbocycles. The van der Waals surface area contributed by atoms with E-state index in [9.17, 15) is 0 Å². The number of fused-ring (bicyclic) bond motifs is 1. The molecular formula is C17H26N2. The van der Waals surface area contributed by atoms with Gasteiger partial charge in [-0.3, -0.25) is 0 Å².